The van der Waals surface area contributed by atoms with Crippen LogP contribution in [0.5, 0.6) is 0 Å². The Kier molecular flexibility index (Phi) is 4.31. The predicted octanol–water partition coefficient (Wildman–Crippen LogP) is 0.446. The Morgan fingerprint density at radius 3 is 2.75 bits per heavy atom. The lowest BCUT2D eigenvalue weighted by atomic mass is 10.2. The lowest BCUT2D eigenvalue weighted by molar-refractivity contribution is 0.0939. The van der Waals surface area contributed by atoms with Crippen LogP contribution in [-0.4, -0.2) is 50.8 Å². The van der Waals surface area contributed by atoms with Crippen LogP contribution in [0.2, 0.25) is 0 Å². The molecule has 7 nitrogen and oxygen atoms in total. The van der Waals surface area contributed by atoms with Crippen molar-refractivity contribution in [2.45, 2.75) is 26.0 Å². The van der Waals surface area contributed by atoms with E-state index in [1.165, 1.54) is 11.3 Å². The van der Waals surface area contributed by atoms with Crippen LogP contribution in [0.3, 0.4) is 0 Å². The average molecular weight is 319 g/mol. The topological polar surface area (TPSA) is 88.6 Å². The van der Waals surface area contributed by atoms with Crippen molar-refractivity contribution in [1.82, 2.24) is 10.3 Å². The normalized spacial score (nSPS) is 16.3. The van der Waals surface area contributed by atoms with E-state index in [9.17, 15) is 13.2 Å². The number of anilines is 1. The number of hydrogen-bond acceptors (Lipinski definition) is 7. The summed E-state index contributed by atoms with van der Waals surface area (Å²) in [6, 6.07) is 0.0594. The molecule has 1 amide bonds. The Hall–Kier alpha value is -1.19. The zero-order valence-electron chi connectivity index (χ0n) is 11.5. The molecule has 0 radical (unpaired) electrons. The summed E-state index contributed by atoms with van der Waals surface area (Å²) in [6.45, 7) is 4.69. The van der Waals surface area contributed by atoms with Gasteiger partial charge in [-0.05, 0) is 13.8 Å². The molecule has 0 aromatic carbocycles. The predicted molar refractivity (Wildman–Crippen MR) is 76.6 cm³/mol. The third-order valence-corrected chi connectivity index (χ3v) is 4.10. The number of hydrogen-bond donors (Lipinski definition) is 1. The molecule has 1 fully saturated rings. The minimum atomic E-state index is -3.42. The van der Waals surface area contributed by atoms with Crippen LogP contribution < -0.4 is 10.2 Å². The third-order valence-electron chi connectivity index (χ3n) is 2.57. The van der Waals surface area contributed by atoms with E-state index in [1.54, 1.807) is 5.38 Å². The number of thiazole rings is 1. The van der Waals surface area contributed by atoms with Crippen molar-refractivity contribution < 1.29 is 17.4 Å². The number of carbonyl (C=O) groups excluding carboxylic acids is 1. The lowest BCUT2D eigenvalue weighted by Gasteiger charge is -2.37. The summed E-state index contributed by atoms with van der Waals surface area (Å²) >= 11 is 1.36. The SMILES string of the molecule is CC(C)NC(=O)c1csc(N2CC(OS(C)(=O)=O)C2)n1. The molecule has 1 N–H and O–H groups in total. The molecule has 20 heavy (non-hydrogen) atoms. The molecule has 1 aliphatic rings. The first-order valence-corrected chi connectivity index (χ1v) is 8.84. The van der Waals surface area contributed by atoms with Crippen LogP contribution in [0, 0.1) is 0 Å². The molecule has 9 heteroatoms. The van der Waals surface area contributed by atoms with Gasteiger partial charge in [0.15, 0.2) is 5.13 Å². The van der Waals surface area contributed by atoms with Crippen molar-refractivity contribution in [1.29, 1.82) is 0 Å². The molecule has 1 aromatic heterocycles. The highest BCUT2D eigenvalue weighted by atomic mass is 32.2. The summed E-state index contributed by atoms with van der Waals surface area (Å²) in [4.78, 5) is 17.9. The Labute approximate surface area is 122 Å². The molecule has 112 valence electrons. The fraction of sp³-hybridized carbons (Fsp3) is 0.636. The quantitative estimate of drug-likeness (QED) is 0.793. The highest BCUT2D eigenvalue weighted by molar-refractivity contribution is 7.86. The third kappa shape index (κ3) is 3.90. The van der Waals surface area contributed by atoms with E-state index in [2.05, 4.69) is 10.3 Å². The van der Waals surface area contributed by atoms with Gasteiger partial charge in [0.1, 0.15) is 11.8 Å². The largest absolute Gasteiger partial charge is 0.349 e. The number of nitrogens with one attached hydrogen (secondary N) is 1. The summed E-state index contributed by atoms with van der Waals surface area (Å²) in [5.41, 5.74) is 0.381. The highest BCUT2D eigenvalue weighted by Gasteiger charge is 2.32. The van der Waals surface area contributed by atoms with Crippen LogP contribution in [0.25, 0.3) is 0 Å². The molecular weight excluding hydrogens is 302 g/mol. The van der Waals surface area contributed by atoms with Crippen LogP contribution in [0.15, 0.2) is 5.38 Å². The number of amides is 1. The number of carbonyl (C=O) groups is 1. The van der Waals surface area contributed by atoms with Crippen molar-refractivity contribution in [3.05, 3.63) is 11.1 Å². The second-order valence-corrected chi connectivity index (χ2v) is 7.41. The molecule has 0 spiro atoms. The monoisotopic (exact) mass is 319 g/mol. The molecule has 0 atom stereocenters. The second-order valence-electron chi connectivity index (χ2n) is 4.97. The first kappa shape index (κ1) is 15.2. The van der Waals surface area contributed by atoms with E-state index in [0.29, 0.717) is 23.9 Å². The maximum Gasteiger partial charge on any atom is 0.271 e. The molecule has 1 aromatic rings. The van der Waals surface area contributed by atoms with E-state index < -0.39 is 10.1 Å². The Balaban J connectivity index is 1.90. The minimum absolute atomic E-state index is 0.0594. The zero-order chi connectivity index (χ0) is 14.9. The lowest BCUT2D eigenvalue weighted by Crippen LogP contribution is -2.53. The van der Waals surface area contributed by atoms with Gasteiger partial charge in [-0.25, -0.2) is 4.98 Å². The smallest absolute Gasteiger partial charge is 0.271 e. The van der Waals surface area contributed by atoms with Crippen LogP contribution in [0.1, 0.15) is 24.3 Å². The zero-order valence-corrected chi connectivity index (χ0v) is 13.1. The molecule has 0 aliphatic carbocycles. The number of nitrogens with zero attached hydrogens (tertiary/aromatic N) is 2. The summed E-state index contributed by atoms with van der Waals surface area (Å²) < 4.78 is 26.8. The van der Waals surface area contributed by atoms with Crippen molar-refractivity contribution in [3.8, 4) is 0 Å². The summed E-state index contributed by atoms with van der Waals surface area (Å²) in [5.74, 6) is -0.202. The standard InChI is InChI=1S/C11H17N3O4S2/c1-7(2)12-10(15)9-6-19-11(13-9)14-4-8(5-14)18-20(3,16)17/h6-8H,4-5H2,1-3H3,(H,12,15). The maximum atomic E-state index is 11.8. The van der Waals surface area contributed by atoms with Crippen LogP contribution in [0.4, 0.5) is 5.13 Å². The molecule has 0 saturated carbocycles. The van der Waals surface area contributed by atoms with Gasteiger partial charge in [-0.3, -0.25) is 8.98 Å². The number of aromatic nitrogens is 1. The minimum Gasteiger partial charge on any atom is -0.349 e. The second kappa shape index (κ2) is 5.66. The van der Waals surface area contributed by atoms with Crippen molar-refractivity contribution in [3.63, 3.8) is 0 Å². The van der Waals surface area contributed by atoms with Crippen molar-refractivity contribution in [2.75, 3.05) is 24.2 Å². The van der Waals surface area contributed by atoms with Crippen LogP contribution >= 0.6 is 11.3 Å². The first-order valence-electron chi connectivity index (χ1n) is 6.14. The average Bonchev–Trinajstić information content (AvgIpc) is 2.69. The summed E-state index contributed by atoms with van der Waals surface area (Å²) in [6.07, 6.45) is 0.703. The van der Waals surface area contributed by atoms with Gasteiger partial charge in [0.2, 0.25) is 0 Å². The molecule has 2 rings (SSSR count). The van der Waals surface area contributed by atoms with Gasteiger partial charge in [0.05, 0.1) is 6.26 Å². The fourth-order valence-corrected chi connectivity index (χ4v) is 3.19. The Bertz CT molecular complexity index is 591. The van der Waals surface area contributed by atoms with Crippen molar-refractivity contribution in [2.24, 2.45) is 0 Å². The van der Waals surface area contributed by atoms with E-state index >= 15 is 0 Å². The molecule has 0 bridgehead atoms. The van der Waals surface area contributed by atoms with Gasteiger partial charge in [-0.15, -0.1) is 11.3 Å². The molecule has 1 saturated heterocycles. The molecular formula is C11H17N3O4S2. The molecule has 0 unspecified atom stereocenters. The van der Waals surface area contributed by atoms with E-state index in [4.69, 9.17) is 4.18 Å². The fourth-order valence-electron chi connectivity index (χ4n) is 1.75. The van der Waals surface area contributed by atoms with Crippen LogP contribution in [-0.2, 0) is 14.3 Å². The van der Waals surface area contributed by atoms with E-state index in [0.717, 1.165) is 6.26 Å². The summed E-state index contributed by atoms with van der Waals surface area (Å²) in [5, 5.41) is 5.16. The highest BCUT2D eigenvalue weighted by Crippen LogP contribution is 2.26. The summed E-state index contributed by atoms with van der Waals surface area (Å²) in [7, 11) is -3.42. The molecule has 2 heterocycles. The van der Waals surface area contributed by atoms with Crippen molar-refractivity contribution >= 4 is 32.5 Å². The Morgan fingerprint density at radius 2 is 2.20 bits per heavy atom. The van der Waals surface area contributed by atoms with Gasteiger partial charge in [0, 0.05) is 24.5 Å². The van der Waals surface area contributed by atoms with E-state index in [-0.39, 0.29) is 18.1 Å². The van der Waals surface area contributed by atoms with Gasteiger partial charge in [0.25, 0.3) is 16.0 Å². The van der Waals surface area contributed by atoms with Gasteiger partial charge in [-0.1, -0.05) is 0 Å². The number of rotatable bonds is 5. The van der Waals surface area contributed by atoms with Gasteiger partial charge in [-0.2, -0.15) is 8.42 Å². The van der Waals surface area contributed by atoms with Gasteiger partial charge < -0.3 is 10.2 Å². The first-order chi connectivity index (χ1) is 9.24. The Morgan fingerprint density at radius 1 is 1.55 bits per heavy atom. The van der Waals surface area contributed by atoms with Gasteiger partial charge >= 0.3 is 0 Å². The maximum absolute atomic E-state index is 11.8. The van der Waals surface area contributed by atoms with E-state index in [1.807, 2.05) is 18.7 Å². The molecule has 1 aliphatic heterocycles.